The Morgan fingerprint density at radius 3 is 2.65 bits per heavy atom. The molecule has 0 aliphatic carbocycles. The van der Waals surface area contributed by atoms with Gasteiger partial charge in [-0.2, -0.15) is 4.98 Å². The lowest BCUT2D eigenvalue weighted by atomic mass is 10.0. The second kappa shape index (κ2) is 5.45. The van der Waals surface area contributed by atoms with Crippen molar-refractivity contribution in [2.24, 2.45) is 7.05 Å². The second-order valence-electron chi connectivity index (χ2n) is 5.25. The van der Waals surface area contributed by atoms with Crippen LogP contribution in [0.5, 0.6) is 6.01 Å². The minimum absolute atomic E-state index is 0.0227. The summed E-state index contributed by atoms with van der Waals surface area (Å²) in [4.78, 5) is 20.4. The van der Waals surface area contributed by atoms with E-state index in [1.807, 2.05) is 0 Å². The number of aliphatic hydroxyl groups is 3. The number of methoxy groups -OCH3 is 1. The molecular weight excluding hydrogens is 310 g/mol. The van der Waals surface area contributed by atoms with Gasteiger partial charge in [-0.15, -0.1) is 0 Å². The summed E-state index contributed by atoms with van der Waals surface area (Å²) in [6, 6.07) is 0.0227. The first-order valence-electron chi connectivity index (χ1n) is 6.81. The summed E-state index contributed by atoms with van der Waals surface area (Å²) in [6.45, 7) is -0.218. The molecule has 0 radical (unpaired) electrons. The van der Waals surface area contributed by atoms with E-state index in [-0.39, 0.29) is 29.7 Å². The summed E-state index contributed by atoms with van der Waals surface area (Å²) < 4.78 is 12.7. The molecule has 0 amide bonds. The van der Waals surface area contributed by atoms with Crippen LogP contribution in [0.4, 0.5) is 5.95 Å². The fourth-order valence-corrected chi connectivity index (χ4v) is 2.55. The Labute approximate surface area is 129 Å². The van der Waals surface area contributed by atoms with Crippen LogP contribution < -0.4 is 16.0 Å². The number of nitrogen functional groups attached to an aromatic ring is 1. The fourth-order valence-electron chi connectivity index (χ4n) is 2.55. The van der Waals surface area contributed by atoms with Gasteiger partial charge in [0.25, 0.3) is 5.56 Å². The number of fused-ring (bicyclic) bond motifs is 1. The van der Waals surface area contributed by atoms with Gasteiger partial charge in [0.05, 0.1) is 13.7 Å². The second-order valence-corrected chi connectivity index (χ2v) is 5.25. The van der Waals surface area contributed by atoms with E-state index >= 15 is 0 Å². The van der Waals surface area contributed by atoms with Crippen molar-refractivity contribution in [3.8, 4) is 6.01 Å². The van der Waals surface area contributed by atoms with E-state index < -0.39 is 30.1 Å². The van der Waals surface area contributed by atoms with Crippen molar-refractivity contribution in [1.29, 1.82) is 0 Å². The summed E-state index contributed by atoms with van der Waals surface area (Å²) in [5.41, 5.74) is 5.37. The number of aliphatic hydroxyl groups excluding tert-OH is 3. The summed E-state index contributed by atoms with van der Waals surface area (Å²) >= 11 is 0. The molecule has 0 unspecified atom stereocenters. The van der Waals surface area contributed by atoms with Gasteiger partial charge in [-0.3, -0.25) is 13.9 Å². The number of aromatic nitrogens is 4. The van der Waals surface area contributed by atoms with Gasteiger partial charge in [0.2, 0.25) is 5.95 Å². The van der Waals surface area contributed by atoms with Gasteiger partial charge in [0.15, 0.2) is 17.4 Å². The Morgan fingerprint density at radius 2 is 2.00 bits per heavy atom. The molecule has 0 spiro atoms. The molecule has 11 heteroatoms. The molecule has 3 heterocycles. The first kappa shape index (κ1) is 15.7. The maximum Gasteiger partial charge on any atom is 0.300 e. The highest BCUT2D eigenvalue weighted by molar-refractivity contribution is 5.73. The highest BCUT2D eigenvalue weighted by Crippen LogP contribution is 2.29. The van der Waals surface area contributed by atoms with Crippen molar-refractivity contribution in [1.82, 2.24) is 19.1 Å². The molecule has 0 aromatic carbocycles. The Balaban J connectivity index is 2.20. The van der Waals surface area contributed by atoms with Gasteiger partial charge in [-0.05, 0) is 0 Å². The summed E-state index contributed by atoms with van der Waals surface area (Å²) in [5.74, 6) is -0.120. The van der Waals surface area contributed by atoms with Gasteiger partial charge in [-0.25, -0.2) is 4.98 Å². The molecule has 4 atom stereocenters. The van der Waals surface area contributed by atoms with Crippen LogP contribution in [0, 0.1) is 0 Å². The monoisotopic (exact) mass is 327 g/mol. The number of hydrogen-bond acceptors (Lipinski definition) is 9. The number of nitrogens with zero attached hydrogens (tertiary/aromatic N) is 4. The Hall–Kier alpha value is -2.21. The van der Waals surface area contributed by atoms with Gasteiger partial charge in [0.1, 0.15) is 18.3 Å². The van der Waals surface area contributed by atoms with Crippen LogP contribution in [-0.4, -0.2) is 66.5 Å². The van der Waals surface area contributed by atoms with E-state index in [1.54, 1.807) is 0 Å². The predicted molar refractivity (Wildman–Crippen MR) is 76.7 cm³/mol. The smallest absolute Gasteiger partial charge is 0.300 e. The Morgan fingerprint density at radius 1 is 1.30 bits per heavy atom. The molecule has 23 heavy (non-hydrogen) atoms. The Kier molecular flexibility index (Phi) is 3.72. The molecule has 126 valence electrons. The highest BCUT2D eigenvalue weighted by Gasteiger charge is 2.40. The van der Waals surface area contributed by atoms with Crippen molar-refractivity contribution in [3.05, 3.63) is 10.4 Å². The van der Waals surface area contributed by atoms with Crippen LogP contribution in [0.3, 0.4) is 0 Å². The van der Waals surface area contributed by atoms with Gasteiger partial charge in [-0.1, -0.05) is 0 Å². The van der Waals surface area contributed by atoms with Crippen LogP contribution >= 0.6 is 0 Å². The lowest BCUT2D eigenvalue weighted by Gasteiger charge is -2.36. The molecule has 0 saturated carbocycles. The van der Waals surface area contributed by atoms with Crippen LogP contribution in [0.15, 0.2) is 4.79 Å². The minimum atomic E-state index is -1.48. The number of nitrogens with two attached hydrogens (primary N) is 1. The van der Waals surface area contributed by atoms with Gasteiger partial charge in [0, 0.05) is 7.05 Å². The lowest BCUT2D eigenvalue weighted by Crippen LogP contribution is -2.50. The number of anilines is 1. The molecule has 5 N–H and O–H groups in total. The molecular formula is C12H17N5O6. The Bertz CT molecular complexity index is 801. The molecule has 2 aromatic rings. The van der Waals surface area contributed by atoms with Crippen LogP contribution in [-0.2, 0) is 11.8 Å². The number of rotatable bonds is 2. The molecule has 2 aromatic heterocycles. The summed E-state index contributed by atoms with van der Waals surface area (Å²) in [5, 5.41) is 29.5. The van der Waals surface area contributed by atoms with Crippen LogP contribution in [0.2, 0.25) is 0 Å². The molecule has 1 aliphatic heterocycles. The molecule has 1 aliphatic rings. The van der Waals surface area contributed by atoms with E-state index in [4.69, 9.17) is 15.2 Å². The number of ether oxygens (including phenoxy) is 2. The topological polar surface area (TPSA) is 158 Å². The van der Waals surface area contributed by atoms with Crippen molar-refractivity contribution < 1.29 is 24.8 Å². The first-order valence-corrected chi connectivity index (χ1v) is 6.81. The third-order valence-corrected chi connectivity index (χ3v) is 3.82. The highest BCUT2D eigenvalue weighted by atomic mass is 16.5. The predicted octanol–water partition coefficient (Wildman–Crippen LogP) is -2.67. The first-order chi connectivity index (χ1) is 10.9. The minimum Gasteiger partial charge on any atom is -0.468 e. The quantitative estimate of drug-likeness (QED) is 0.461. The SMILES string of the molecule is COc1nc2c(nc(N)n2[C@@H]2OC[C@@H](O)[C@H](O)[C@H]2O)c(=O)n1C. The van der Waals surface area contributed by atoms with Crippen molar-refractivity contribution >= 4 is 17.1 Å². The normalized spacial score (nSPS) is 28.2. The maximum atomic E-state index is 12.3. The van der Waals surface area contributed by atoms with E-state index in [0.29, 0.717) is 0 Å². The van der Waals surface area contributed by atoms with Crippen molar-refractivity contribution in [2.45, 2.75) is 24.5 Å². The largest absolute Gasteiger partial charge is 0.468 e. The summed E-state index contributed by atoms with van der Waals surface area (Å²) in [7, 11) is 2.82. The van der Waals surface area contributed by atoms with E-state index in [2.05, 4.69) is 9.97 Å². The van der Waals surface area contributed by atoms with Gasteiger partial charge >= 0.3 is 6.01 Å². The van der Waals surface area contributed by atoms with E-state index in [9.17, 15) is 20.1 Å². The van der Waals surface area contributed by atoms with E-state index in [0.717, 1.165) is 4.57 Å². The van der Waals surface area contributed by atoms with E-state index in [1.165, 1.54) is 18.7 Å². The van der Waals surface area contributed by atoms with Crippen molar-refractivity contribution in [2.75, 3.05) is 19.5 Å². The summed E-state index contributed by atoms with van der Waals surface area (Å²) in [6.07, 6.45) is -5.29. The zero-order chi connectivity index (χ0) is 16.9. The zero-order valence-corrected chi connectivity index (χ0v) is 12.4. The zero-order valence-electron chi connectivity index (χ0n) is 12.4. The average Bonchev–Trinajstić information content (AvgIpc) is 2.85. The van der Waals surface area contributed by atoms with Gasteiger partial charge < -0.3 is 30.5 Å². The molecule has 11 nitrogen and oxygen atoms in total. The fraction of sp³-hybridized carbons (Fsp3) is 0.583. The molecule has 3 rings (SSSR count). The molecule has 1 fully saturated rings. The standard InChI is InChI=1S/C12H17N5O6/c1-16-9(21)5-8(15-12(16)22-2)17(11(13)14-5)10-7(20)6(19)4(18)3-23-10/h4,6-7,10,18-20H,3H2,1-2H3,(H2,13,14)/t4-,6+,7-,10-/m1/s1. The third kappa shape index (κ3) is 2.25. The average molecular weight is 327 g/mol. The van der Waals surface area contributed by atoms with Crippen LogP contribution in [0.1, 0.15) is 6.23 Å². The molecule has 0 bridgehead atoms. The van der Waals surface area contributed by atoms with Crippen molar-refractivity contribution in [3.63, 3.8) is 0 Å². The molecule has 1 saturated heterocycles. The number of imidazole rings is 1. The third-order valence-electron chi connectivity index (χ3n) is 3.82. The lowest BCUT2D eigenvalue weighted by molar-refractivity contribution is -0.209. The maximum absolute atomic E-state index is 12.3. The van der Waals surface area contributed by atoms with Crippen LogP contribution in [0.25, 0.3) is 11.2 Å². The number of hydrogen-bond donors (Lipinski definition) is 4.